The van der Waals surface area contributed by atoms with Crippen LogP contribution in [0.3, 0.4) is 0 Å². The molecule has 2 heterocycles. The van der Waals surface area contributed by atoms with Crippen LogP contribution in [0.15, 0.2) is 24.3 Å². The molecule has 5 nitrogen and oxygen atoms in total. The van der Waals surface area contributed by atoms with Crippen molar-refractivity contribution in [1.82, 2.24) is 14.8 Å². The van der Waals surface area contributed by atoms with Crippen molar-refractivity contribution in [2.45, 2.75) is 26.3 Å². The molecule has 0 amide bonds. The average molecular weight is 257 g/mol. The number of hydrogen-bond acceptors (Lipinski definition) is 3. The number of aryl methyl sites for hydroxylation is 2. The third-order valence-corrected chi connectivity index (χ3v) is 3.61. The molecule has 1 N–H and O–H groups in total. The van der Waals surface area contributed by atoms with Crippen molar-refractivity contribution in [1.29, 1.82) is 0 Å². The molecular formula is C14H15N3O2. The van der Waals surface area contributed by atoms with E-state index in [1.807, 2.05) is 35.8 Å². The Kier molecular flexibility index (Phi) is 2.81. The van der Waals surface area contributed by atoms with Crippen molar-refractivity contribution in [2.24, 2.45) is 5.92 Å². The first-order valence-electron chi connectivity index (χ1n) is 6.37. The van der Waals surface area contributed by atoms with Gasteiger partial charge in [0.1, 0.15) is 5.82 Å². The number of benzene rings is 1. The summed E-state index contributed by atoms with van der Waals surface area (Å²) >= 11 is 0. The summed E-state index contributed by atoms with van der Waals surface area (Å²) < 4.78 is 1.94. The number of rotatable bonds is 2. The van der Waals surface area contributed by atoms with E-state index in [2.05, 4.69) is 10.2 Å². The van der Waals surface area contributed by atoms with E-state index in [-0.39, 0.29) is 5.92 Å². The Balaban J connectivity index is 1.99. The fourth-order valence-corrected chi connectivity index (χ4v) is 2.44. The summed E-state index contributed by atoms with van der Waals surface area (Å²) in [6, 6.07) is 8.04. The molecule has 0 radical (unpaired) electrons. The van der Waals surface area contributed by atoms with Crippen molar-refractivity contribution in [2.75, 3.05) is 0 Å². The minimum atomic E-state index is -0.741. The summed E-state index contributed by atoms with van der Waals surface area (Å²) in [6.45, 7) is 2.49. The van der Waals surface area contributed by atoms with Gasteiger partial charge in [-0.2, -0.15) is 0 Å². The van der Waals surface area contributed by atoms with E-state index in [0.717, 1.165) is 17.2 Å². The average Bonchev–Trinajstić information content (AvgIpc) is 2.82. The molecule has 0 saturated carbocycles. The van der Waals surface area contributed by atoms with E-state index in [1.165, 1.54) is 5.56 Å². The highest BCUT2D eigenvalue weighted by Crippen LogP contribution is 2.25. The van der Waals surface area contributed by atoms with Crippen LogP contribution in [0.2, 0.25) is 0 Å². The standard InChI is InChI=1S/C14H15N3O2/c1-9-2-4-10(5-3-9)13-16-15-12-7-6-11(14(18)19)8-17(12)13/h2-5,11H,6-8H2,1H3,(H,18,19). The van der Waals surface area contributed by atoms with Gasteiger partial charge in [-0.1, -0.05) is 29.8 Å². The van der Waals surface area contributed by atoms with E-state index in [1.54, 1.807) is 0 Å². The normalized spacial score (nSPS) is 18.1. The van der Waals surface area contributed by atoms with Crippen LogP contribution in [0.25, 0.3) is 11.4 Å². The van der Waals surface area contributed by atoms with Gasteiger partial charge < -0.3 is 9.67 Å². The lowest BCUT2D eigenvalue weighted by molar-refractivity contribution is -0.142. The predicted molar refractivity (Wildman–Crippen MR) is 69.6 cm³/mol. The zero-order chi connectivity index (χ0) is 13.4. The minimum absolute atomic E-state index is 0.340. The van der Waals surface area contributed by atoms with Crippen LogP contribution in [0.1, 0.15) is 17.8 Å². The molecule has 5 heteroatoms. The number of hydrogen-bond donors (Lipinski definition) is 1. The lowest BCUT2D eigenvalue weighted by Gasteiger charge is -2.21. The Hall–Kier alpha value is -2.17. The SMILES string of the molecule is Cc1ccc(-c2nnc3n2CC(C(=O)O)CC3)cc1. The molecule has 0 aliphatic carbocycles. The van der Waals surface area contributed by atoms with E-state index in [0.29, 0.717) is 19.4 Å². The zero-order valence-corrected chi connectivity index (χ0v) is 10.7. The molecule has 1 unspecified atom stereocenters. The van der Waals surface area contributed by atoms with E-state index in [4.69, 9.17) is 5.11 Å². The van der Waals surface area contributed by atoms with Crippen molar-refractivity contribution in [3.63, 3.8) is 0 Å². The summed E-state index contributed by atoms with van der Waals surface area (Å²) in [5.74, 6) is 0.566. The van der Waals surface area contributed by atoms with Gasteiger partial charge in [-0.15, -0.1) is 10.2 Å². The topological polar surface area (TPSA) is 68.0 Å². The van der Waals surface area contributed by atoms with Crippen LogP contribution in [0.4, 0.5) is 0 Å². The maximum atomic E-state index is 11.1. The highest BCUT2D eigenvalue weighted by molar-refractivity contribution is 5.70. The molecular weight excluding hydrogens is 242 g/mol. The summed E-state index contributed by atoms with van der Waals surface area (Å²) in [5.41, 5.74) is 2.17. The monoisotopic (exact) mass is 257 g/mol. The predicted octanol–water partition coefficient (Wildman–Crippen LogP) is 1.90. The summed E-state index contributed by atoms with van der Waals surface area (Å²) in [6.07, 6.45) is 1.32. The van der Waals surface area contributed by atoms with Crippen molar-refractivity contribution >= 4 is 5.97 Å². The first-order chi connectivity index (χ1) is 9.15. The fraction of sp³-hybridized carbons (Fsp3) is 0.357. The first kappa shape index (κ1) is 11.9. The van der Waals surface area contributed by atoms with Gasteiger partial charge in [0, 0.05) is 18.5 Å². The highest BCUT2D eigenvalue weighted by Gasteiger charge is 2.27. The number of nitrogens with zero attached hydrogens (tertiary/aromatic N) is 3. The second-order valence-corrected chi connectivity index (χ2v) is 4.99. The van der Waals surface area contributed by atoms with Crippen LogP contribution >= 0.6 is 0 Å². The molecule has 0 spiro atoms. The molecule has 19 heavy (non-hydrogen) atoms. The Labute approximate surface area is 110 Å². The van der Waals surface area contributed by atoms with Gasteiger partial charge in [0.2, 0.25) is 0 Å². The lowest BCUT2D eigenvalue weighted by atomic mass is 9.99. The molecule has 1 aromatic carbocycles. The third kappa shape index (κ3) is 2.12. The molecule has 0 fully saturated rings. The van der Waals surface area contributed by atoms with Gasteiger partial charge in [-0.25, -0.2) is 0 Å². The molecule has 2 aromatic rings. The molecule has 3 rings (SSSR count). The molecule has 1 atom stereocenters. The molecule has 1 aliphatic rings. The van der Waals surface area contributed by atoms with Crippen LogP contribution in [-0.4, -0.2) is 25.8 Å². The summed E-state index contributed by atoms with van der Waals surface area (Å²) in [4.78, 5) is 11.1. The lowest BCUT2D eigenvalue weighted by Crippen LogP contribution is -2.27. The number of carboxylic acids is 1. The Morgan fingerprint density at radius 1 is 1.32 bits per heavy atom. The number of carboxylic acid groups (broad SMARTS) is 1. The quantitative estimate of drug-likeness (QED) is 0.892. The van der Waals surface area contributed by atoms with Crippen molar-refractivity contribution in [3.05, 3.63) is 35.7 Å². The number of aromatic nitrogens is 3. The second-order valence-electron chi connectivity index (χ2n) is 4.99. The van der Waals surface area contributed by atoms with Gasteiger partial charge in [0.05, 0.1) is 5.92 Å². The largest absolute Gasteiger partial charge is 0.481 e. The molecule has 0 saturated heterocycles. The molecule has 0 bridgehead atoms. The van der Waals surface area contributed by atoms with E-state index >= 15 is 0 Å². The summed E-state index contributed by atoms with van der Waals surface area (Å²) in [7, 11) is 0. The van der Waals surface area contributed by atoms with Gasteiger partial charge in [0.25, 0.3) is 0 Å². The molecule has 1 aromatic heterocycles. The smallest absolute Gasteiger partial charge is 0.308 e. The number of aliphatic carboxylic acids is 1. The third-order valence-electron chi connectivity index (χ3n) is 3.61. The maximum Gasteiger partial charge on any atom is 0.308 e. The number of fused-ring (bicyclic) bond motifs is 1. The van der Waals surface area contributed by atoms with Crippen molar-refractivity contribution < 1.29 is 9.90 Å². The Morgan fingerprint density at radius 2 is 2.05 bits per heavy atom. The highest BCUT2D eigenvalue weighted by atomic mass is 16.4. The Morgan fingerprint density at radius 3 is 2.74 bits per heavy atom. The van der Waals surface area contributed by atoms with E-state index < -0.39 is 5.97 Å². The second kappa shape index (κ2) is 4.50. The van der Waals surface area contributed by atoms with Crippen LogP contribution in [0.5, 0.6) is 0 Å². The first-order valence-corrected chi connectivity index (χ1v) is 6.37. The molecule has 98 valence electrons. The van der Waals surface area contributed by atoms with Gasteiger partial charge in [-0.05, 0) is 13.3 Å². The maximum absolute atomic E-state index is 11.1. The van der Waals surface area contributed by atoms with Gasteiger partial charge >= 0.3 is 5.97 Å². The fourth-order valence-electron chi connectivity index (χ4n) is 2.44. The Bertz CT molecular complexity index is 616. The minimum Gasteiger partial charge on any atom is -0.481 e. The van der Waals surface area contributed by atoms with Crippen LogP contribution < -0.4 is 0 Å². The van der Waals surface area contributed by atoms with Crippen molar-refractivity contribution in [3.8, 4) is 11.4 Å². The van der Waals surface area contributed by atoms with Gasteiger partial charge in [-0.3, -0.25) is 4.79 Å². The molecule has 1 aliphatic heterocycles. The summed E-state index contributed by atoms with van der Waals surface area (Å²) in [5, 5.41) is 17.5. The van der Waals surface area contributed by atoms with Gasteiger partial charge in [0.15, 0.2) is 5.82 Å². The van der Waals surface area contributed by atoms with Crippen LogP contribution in [0, 0.1) is 12.8 Å². The number of carbonyl (C=O) groups is 1. The van der Waals surface area contributed by atoms with Crippen LogP contribution in [-0.2, 0) is 17.8 Å². The zero-order valence-electron chi connectivity index (χ0n) is 10.7. The van der Waals surface area contributed by atoms with E-state index in [9.17, 15) is 4.79 Å².